The van der Waals surface area contributed by atoms with Crippen molar-refractivity contribution in [2.45, 2.75) is 23.7 Å². The summed E-state index contributed by atoms with van der Waals surface area (Å²) in [7, 11) is 0. The smallest absolute Gasteiger partial charge is 0.379 e. The van der Waals surface area contributed by atoms with Gasteiger partial charge in [-0.2, -0.15) is 23.5 Å². The zero-order valence-electron chi connectivity index (χ0n) is 8.57. The average molecular weight is 263 g/mol. The van der Waals surface area contributed by atoms with Crippen LogP contribution < -0.4 is 0 Å². The molecule has 8 heteroatoms. The quantitative estimate of drug-likeness (QED) is 0.607. The molecule has 0 radical (unpaired) electrons. The van der Waals surface area contributed by atoms with Crippen molar-refractivity contribution in [3.63, 3.8) is 0 Å². The normalized spacial score (nSPS) is 20.5. The molecule has 0 bridgehead atoms. The molecule has 2 heterocycles. The molecule has 1 saturated heterocycles. The van der Waals surface area contributed by atoms with Crippen LogP contribution in [-0.4, -0.2) is 23.0 Å². The second-order valence-corrected chi connectivity index (χ2v) is 4.33. The minimum atomic E-state index is -4.47. The Morgan fingerprint density at radius 3 is 2.88 bits per heavy atom. The van der Waals surface area contributed by atoms with Crippen molar-refractivity contribution < 1.29 is 17.9 Å². The third-order valence-electron chi connectivity index (χ3n) is 2.41. The van der Waals surface area contributed by atoms with Crippen LogP contribution >= 0.6 is 11.8 Å². The molecule has 1 atom stereocenters. The highest BCUT2D eigenvalue weighted by Gasteiger charge is 2.38. The first-order chi connectivity index (χ1) is 8.02. The number of hydrogen-bond donors (Lipinski definition) is 0. The lowest BCUT2D eigenvalue weighted by atomic mass is 10.2. The first-order valence-electron chi connectivity index (χ1n) is 4.83. The molecule has 4 nitrogen and oxygen atoms in total. The zero-order chi connectivity index (χ0) is 12.5. The summed E-state index contributed by atoms with van der Waals surface area (Å²) in [4.78, 5) is 0. The van der Waals surface area contributed by atoms with Gasteiger partial charge in [0.2, 0.25) is 0 Å². The third-order valence-corrected chi connectivity index (χ3v) is 2.91. The number of hydrogen-bond acceptors (Lipinski definition) is 4. The van der Waals surface area contributed by atoms with Crippen molar-refractivity contribution in [3.05, 3.63) is 11.8 Å². The number of rotatable bonds is 2. The van der Waals surface area contributed by atoms with Gasteiger partial charge in [-0.15, -0.1) is 0 Å². The minimum Gasteiger partial charge on any atom is -0.379 e. The van der Waals surface area contributed by atoms with Gasteiger partial charge in [-0.05, 0) is 6.42 Å². The van der Waals surface area contributed by atoms with E-state index in [9.17, 15) is 13.2 Å². The Morgan fingerprint density at radius 1 is 1.59 bits per heavy atom. The van der Waals surface area contributed by atoms with Gasteiger partial charge in [-0.1, -0.05) is 0 Å². The lowest BCUT2D eigenvalue weighted by Gasteiger charge is -2.14. The molecule has 0 aromatic carbocycles. The van der Waals surface area contributed by atoms with Crippen molar-refractivity contribution >= 4 is 11.8 Å². The highest BCUT2D eigenvalue weighted by atomic mass is 32.2. The highest BCUT2D eigenvalue weighted by Crippen LogP contribution is 2.35. The van der Waals surface area contributed by atoms with E-state index in [1.807, 2.05) is 0 Å². The van der Waals surface area contributed by atoms with E-state index in [1.165, 1.54) is 0 Å². The van der Waals surface area contributed by atoms with Gasteiger partial charge in [0.05, 0.1) is 12.6 Å². The van der Waals surface area contributed by atoms with Gasteiger partial charge in [0.15, 0.2) is 0 Å². The summed E-state index contributed by atoms with van der Waals surface area (Å²) in [5, 5.41) is 14.0. The minimum absolute atomic E-state index is 0.0618. The molecule has 17 heavy (non-hydrogen) atoms. The molecule has 1 aromatic rings. The van der Waals surface area contributed by atoms with E-state index >= 15 is 0 Å². The zero-order valence-corrected chi connectivity index (χ0v) is 9.38. The molecule has 0 amide bonds. The summed E-state index contributed by atoms with van der Waals surface area (Å²) >= 11 is 0.618. The van der Waals surface area contributed by atoms with Crippen molar-refractivity contribution in [1.29, 1.82) is 5.26 Å². The summed E-state index contributed by atoms with van der Waals surface area (Å²) < 4.78 is 44.3. The van der Waals surface area contributed by atoms with Gasteiger partial charge >= 0.3 is 6.18 Å². The number of nitriles is 1. The van der Waals surface area contributed by atoms with Gasteiger partial charge in [0.25, 0.3) is 0 Å². The topological polar surface area (TPSA) is 50.8 Å². The molecule has 2 rings (SSSR count). The summed E-state index contributed by atoms with van der Waals surface area (Å²) in [6.45, 7) is 0.657. The van der Waals surface area contributed by atoms with E-state index in [-0.39, 0.29) is 11.6 Å². The second kappa shape index (κ2) is 4.58. The molecule has 92 valence electrons. The summed E-state index contributed by atoms with van der Waals surface area (Å²) in [6.07, 6.45) is -3.97. The Kier molecular flexibility index (Phi) is 3.31. The molecule has 1 aliphatic heterocycles. The van der Waals surface area contributed by atoms with Crippen LogP contribution in [0.4, 0.5) is 13.2 Å². The lowest BCUT2D eigenvalue weighted by Crippen LogP contribution is -2.19. The number of halogens is 3. The molecule has 0 aliphatic carbocycles. The molecule has 1 aliphatic rings. The van der Waals surface area contributed by atoms with E-state index in [4.69, 9.17) is 10.00 Å². The van der Waals surface area contributed by atoms with E-state index in [1.54, 1.807) is 5.40 Å². The average Bonchev–Trinajstić information content (AvgIpc) is 2.82. The maximum Gasteiger partial charge on any atom is 0.433 e. The predicted molar refractivity (Wildman–Crippen MR) is 53.2 cm³/mol. The highest BCUT2D eigenvalue weighted by molar-refractivity contribution is 8.03. The van der Waals surface area contributed by atoms with Crippen LogP contribution in [0.5, 0.6) is 0 Å². The molecule has 1 aromatic heterocycles. The number of alkyl halides is 3. The maximum absolute atomic E-state index is 12.8. The van der Waals surface area contributed by atoms with Crippen molar-refractivity contribution in [1.82, 2.24) is 9.78 Å². The van der Waals surface area contributed by atoms with E-state index in [2.05, 4.69) is 5.10 Å². The summed E-state index contributed by atoms with van der Waals surface area (Å²) in [6, 6.07) is 0.492. The number of thioether (sulfide) groups is 1. The van der Waals surface area contributed by atoms with Crippen LogP contribution in [0.15, 0.2) is 11.1 Å². The summed E-state index contributed by atoms with van der Waals surface area (Å²) in [5.74, 6) is 0. The molecule has 0 saturated carbocycles. The Bertz CT molecular complexity index is 445. The van der Waals surface area contributed by atoms with Crippen LogP contribution in [0, 0.1) is 10.7 Å². The Hall–Kier alpha value is -1.20. The van der Waals surface area contributed by atoms with Gasteiger partial charge in [-0.3, -0.25) is 4.68 Å². The SMILES string of the molecule is N#CSc1cc(C(F)(F)F)n([C@@H]2CCOC2)n1. The van der Waals surface area contributed by atoms with E-state index in [0.717, 1.165) is 10.7 Å². The third kappa shape index (κ3) is 2.56. The van der Waals surface area contributed by atoms with Crippen LogP contribution in [0.25, 0.3) is 0 Å². The fourth-order valence-electron chi connectivity index (χ4n) is 1.67. The first kappa shape index (κ1) is 12.3. The molecule has 0 unspecified atom stereocenters. The standard InChI is InChI=1S/C9H8F3N3OS/c10-9(11,12)7-3-8(17-5-13)14-15(7)6-1-2-16-4-6/h3,6H,1-2,4H2/t6-/m1/s1. The Morgan fingerprint density at radius 2 is 2.35 bits per heavy atom. The monoisotopic (exact) mass is 263 g/mol. The largest absolute Gasteiger partial charge is 0.433 e. The summed E-state index contributed by atoms with van der Waals surface area (Å²) in [5.41, 5.74) is -0.828. The van der Waals surface area contributed by atoms with Crippen LogP contribution in [0.2, 0.25) is 0 Å². The maximum atomic E-state index is 12.8. The fourth-order valence-corrected chi connectivity index (χ4v) is 2.07. The molecule has 1 fully saturated rings. The van der Waals surface area contributed by atoms with Crippen molar-refractivity contribution in [2.75, 3.05) is 13.2 Å². The van der Waals surface area contributed by atoms with Gasteiger partial charge in [0.1, 0.15) is 16.1 Å². The molecular formula is C9H8F3N3OS. The van der Waals surface area contributed by atoms with Crippen LogP contribution in [0.1, 0.15) is 18.2 Å². The molecule has 0 spiro atoms. The van der Waals surface area contributed by atoms with Crippen molar-refractivity contribution in [3.8, 4) is 5.40 Å². The van der Waals surface area contributed by atoms with Crippen LogP contribution in [0.3, 0.4) is 0 Å². The second-order valence-electron chi connectivity index (χ2n) is 3.52. The van der Waals surface area contributed by atoms with Gasteiger partial charge in [-0.25, -0.2) is 0 Å². The van der Waals surface area contributed by atoms with Gasteiger partial charge in [0, 0.05) is 24.4 Å². The Labute approximate surface area is 99.3 Å². The number of ether oxygens (including phenoxy) is 1. The number of thiocyanates is 1. The number of aromatic nitrogens is 2. The molecular weight excluding hydrogens is 255 g/mol. The predicted octanol–water partition coefficient (Wildman–Crippen LogP) is 2.44. The lowest BCUT2D eigenvalue weighted by molar-refractivity contribution is -0.145. The van der Waals surface area contributed by atoms with Crippen molar-refractivity contribution in [2.24, 2.45) is 0 Å². The van der Waals surface area contributed by atoms with E-state index in [0.29, 0.717) is 24.8 Å². The number of nitrogens with zero attached hydrogens (tertiary/aromatic N) is 3. The Balaban J connectivity index is 2.37. The van der Waals surface area contributed by atoms with E-state index < -0.39 is 17.9 Å². The van der Waals surface area contributed by atoms with Gasteiger partial charge < -0.3 is 4.74 Å². The fraction of sp³-hybridized carbons (Fsp3) is 0.556. The molecule has 0 N–H and O–H groups in total. The first-order valence-corrected chi connectivity index (χ1v) is 5.64. The van der Waals surface area contributed by atoms with Crippen LogP contribution in [-0.2, 0) is 10.9 Å².